The van der Waals surface area contributed by atoms with Gasteiger partial charge in [-0.2, -0.15) is 5.10 Å². The topological polar surface area (TPSA) is 73.4 Å². The fraction of sp³-hybridized carbons (Fsp3) is 0.476. The molecule has 28 heavy (non-hydrogen) atoms. The van der Waals surface area contributed by atoms with E-state index in [0.29, 0.717) is 12.5 Å². The molecule has 1 fully saturated rings. The van der Waals surface area contributed by atoms with Crippen molar-refractivity contribution in [3.63, 3.8) is 0 Å². The van der Waals surface area contributed by atoms with E-state index in [1.54, 1.807) is 0 Å². The summed E-state index contributed by atoms with van der Waals surface area (Å²) < 4.78 is 0. The molecule has 1 saturated heterocycles. The van der Waals surface area contributed by atoms with Gasteiger partial charge in [0.05, 0.1) is 11.7 Å². The fourth-order valence-corrected chi connectivity index (χ4v) is 3.49. The molecule has 1 aromatic heterocycles. The molecule has 0 saturated carbocycles. The lowest BCUT2D eigenvalue weighted by Gasteiger charge is -2.25. The number of nitrogens with one attached hydrogen (secondary N) is 2. The maximum Gasteiger partial charge on any atom is 0.319 e. The number of anilines is 2. The molecule has 1 aliphatic heterocycles. The highest BCUT2D eigenvalue weighted by molar-refractivity contribution is 5.89. The Morgan fingerprint density at radius 1 is 1.11 bits per heavy atom. The number of hydrogen-bond donors (Lipinski definition) is 2. The number of aromatic nitrogens is 2. The van der Waals surface area contributed by atoms with E-state index in [-0.39, 0.29) is 18.1 Å². The number of carbonyl (C=O) groups excluding carboxylic acids is 1. The van der Waals surface area contributed by atoms with Crippen LogP contribution < -0.4 is 15.5 Å². The minimum atomic E-state index is -0.189. The van der Waals surface area contributed by atoms with Crippen LogP contribution in [0.1, 0.15) is 31.0 Å². The summed E-state index contributed by atoms with van der Waals surface area (Å²) in [4.78, 5) is 16.9. The van der Waals surface area contributed by atoms with Gasteiger partial charge in [-0.25, -0.2) is 4.79 Å². The maximum absolute atomic E-state index is 12.6. The number of hydrogen-bond acceptors (Lipinski definition) is 5. The molecule has 0 aliphatic carbocycles. The number of likely N-dealkylation sites (N-methyl/N-ethyl adjacent to an activating group) is 1. The van der Waals surface area contributed by atoms with Gasteiger partial charge in [-0.3, -0.25) is 0 Å². The first-order chi connectivity index (χ1) is 13.3. The summed E-state index contributed by atoms with van der Waals surface area (Å²) in [6.45, 7) is 7.71. The van der Waals surface area contributed by atoms with Crippen LogP contribution in [-0.4, -0.2) is 60.4 Å². The third-order valence-corrected chi connectivity index (χ3v) is 5.21. The van der Waals surface area contributed by atoms with Gasteiger partial charge in [-0.1, -0.05) is 26.0 Å². The van der Waals surface area contributed by atoms with E-state index in [4.69, 9.17) is 0 Å². The zero-order chi connectivity index (χ0) is 20.3. The molecule has 2 N–H and O–H groups in total. The van der Waals surface area contributed by atoms with Crippen molar-refractivity contribution in [3.8, 4) is 0 Å². The van der Waals surface area contributed by atoms with Gasteiger partial charge < -0.3 is 20.4 Å². The van der Waals surface area contributed by atoms with E-state index >= 15 is 0 Å². The van der Waals surface area contributed by atoms with E-state index in [1.807, 2.05) is 45.3 Å². The normalized spacial score (nSPS) is 19.3. The van der Waals surface area contributed by atoms with E-state index in [9.17, 15) is 4.79 Å². The van der Waals surface area contributed by atoms with Crippen molar-refractivity contribution in [1.29, 1.82) is 0 Å². The Kier molecular flexibility index (Phi) is 6.14. The first-order valence-electron chi connectivity index (χ1n) is 9.72. The van der Waals surface area contributed by atoms with Gasteiger partial charge in [0.25, 0.3) is 0 Å². The molecule has 0 unspecified atom stereocenters. The fourth-order valence-electron chi connectivity index (χ4n) is 3.49. The zero-order valence-corrected chi connectivity index (χ0v) is 17.3. The monoisotopic (exact) mass is 382 g/mol. The molecule has 2 aromatic rings. The number of aryl methyl sites for hydroxylation is 1. The van der Waals surface area contributed by atoms with Gasteiger partial charge in [-0.15, -0.1) is 5.10 Å². The second-order valence-corrected chi connectivity index (χ2v) is 7.95. The Morgan fingerprint density at radius 2 is 1.82 bits per heavy atom. The van der Waals surface area contributed by atoms with Gasteiger partial charge in [0.15, 0.2) is 5.82 Å². The molecule has 0 radical (unpaired) electrons. The number of nitrogens with zero attached hydrogens (tertiary/aromatic N) is 4. The van der Waals surface area contributed by atoms with Gasteiger partial charge in [0, 0.05) is 24.8 Å². The summed E-state index contributed by atoms with van der Waals surface area (Å²) in [6, 6.07) is 11.9. The van der Waals surface area contributed by atoms with Gasteiger partial charge in [0.1, 0.15) is 0 Å². The Labute approximate surface area is 167 Å². The van der Waals surface area contributed by atoms with Crippen LogP contribution in [0.5, 0.6) is 0 Å². The van der Waals surface area contributed by atoms with E-state index in [2.05, 4.69) is 56.6 Å². The summed E-state index contributed by atoms with van der Waals surface area (Å²) in [5.41, 5.74) is 2.94. The van der Waals surface area contributed by atoms with Gasteiger partial charge in [0.2, 0.25) is 0 Å². The molecule has 7 heteroatoms. The Balaban J connectivity index is 1.63. The van der Waals surface area contributed by atoms with E-state index in [1.165, 1.54) is 5.56 Å². The van der Waals surface area contributed by atoms with Crippen LogP contribution in [0, 0.1) is 6.92 Å². The number of rotatable bonds is 5. The highest BCUT2D eigenvalue weighted by atomic mass is 16.2. The summed E-state index contributed by atoms with van der Waals surface area (Å²) >= 11 is 0. The van der Waals surface area contributed by atoms with Gasteiger partial charge >= 0.3 is 6.03 Å². The standard InChI is InChI=1S/C21H30N6O/c1-14(2)16-7-9-17(10-8-16)22-21(28)23-18-12-27(13-19(18)26(4)5)20-11-6-15(3)24-25-20/h6-11,14,18-19H,12-13H2,1-5H3,(H2,22,23,28)/t18-,19+/m1/s1. The van der Waals surface area contributed by atoms with Crippen LogP contribution in [0.4, 0.5) is 16.3 Å². The average Bonchev–Trinajstić information content (AvgIpc) is 3.06. The average molecular weight is 383 g/mol. The first-order valence-corrected chi connectivity index (χ1v) is 9.72. The molecular weight excluding hydrogens is 352 g/mol. The van der Waals surface area contributed by atoms with Crippen molar-refractivity contribution in [2.75, 3.05) is 37.4 Å². The minimum Gasteiger partial charge on any atom is -0.351 e. The van der Waals surface area contributed by atoms with Crippen LogP contribution >= 0.6 is 0 Å². The smallest absolute Gasteiger partial charge is 0.319 e. The molecule has 150 valence electrons. The number of carbonyl (C=O) groups is 1. The number of amides is 2. The summed E-state index contributed by atoms with van der Waals surface area (Å²) in [5.74, 6) is 1.31. The molecule has 7 nitrogen and oxygen atoms in total. The highest BCUT2D eigenvalue weighted by Gasteiger charge is 2.36. The van der Waals surface area contributed by atoms with Crippen molar-refractivity contribution < 1.29 is 4.79 Å². The van der Waals surface area contributed by atoms with Crippen LogP contribution in [0.25, 0.3) is 0 Å². The largest absolute Gasteiger partial charge is 0.351 e. The van der Waals surface area contributed by atoms with Crippen molar-refractivity contribution in [2.45, 2.75) is 38.8 Å². The Morgan fingerprint density at radius 3 is 2.39 bits per heavy atom. The molecule has 2 heterocycles. The quantitative estimate of drug-likeness (QED) is 0.832. The van der Waals surface area contributed by atoms with Crippen molar-refractivity contribution in [2.24, 2.45) is 0 Å². The molecule has 2 atom stereocenters. The van der Waals surface area contributed by atoms with Crippen LogP contribution in [0.15, 0.2) is 36.4 Å². The first kappa shape index (κ1) is 20.1. The Bertz CT molecular complexity index is 788. The molecule has 1 aliphatic rings. The maximum atomic E-state index is 12.6. The Hall–Kier alpha value is -2.67. The van der Waals surface area contributed by atoms with E-state index < -0.39 is 0 Å². The van der Waals surface area contributed by atoms with Crippen molar-refractivity contribution in [3.05, 3.63) is 47.7 Å². The number of benzene rings is 1. The summed E-state index contributed by atoms with van der Waals surface area (Å²) in [6.07, 6.45) is 0. The van der Waals surface area contributed by atoms with Crippen molar-refractivity contribution >= 4 is 17.5 Å². The SMILES string of the molecule is Cc1ccc(N2C[C@@H](NC(=O)Nc3ccc(C(C)C)cc3)[C@@H](N(C)C)C2)nn1. The predicted molar refractivity (Wildman–Crippen MR) is 113 cm³/mol. The van der Waals surface area contributed by atoms with Crippen LogP contribution in [-0.2, 0) is 0 Å². The second-order valence-electron chi connectivity index (χ2n) is 7.95. The third kappa shape index (κ3) is 4.78. The highest BCUT2D eigenvalue weighted by Crippen LogP contribution is 2.21. The van der Waals surface area contributed by atoms with Gasteiger partial charge in [-0.05, 0) is 56.8 Å². The second kappa shape index (κ2) is 8.56. The lowest BCUT2D eigenvalue weighted by molar-refractivity contribution is 0.235. The summed E-state index contributed by atoms with van der Waals surface area (Å²) in [5, 5.41) is 14.5. The molecule has 0 bridgehead atoms. The molecular formula is C21H30N6O. The molecule has 0 spiro atoms. The van der Waals surface area contributed by atoms with Crippen molar-refractivity contribution in [1.82, 2.24) is 20.4 Å². The van der Waals surface area contributed by atoms with Crippen LogP contribution in [0.2, 0.25) is 0 Å². The molecule has 1 aromatic carbocycles. The lowest BCUT2D eigenvalue weighted by atomic mass is 10.0. The molecule has 3 rings (SSSR count). The predicted octanol–water partition coefficient (Wildman–Crippen LogP) is 2.85. The minimum absolute atomic E-state index is 0.00644. The van der Waals surface area contributed by atoms with E-state index in [0.717, 1.165) is 23.7 Å². The lowest BCUT2D eigenvalue weighted by Crippen LogP contribution is -2.49. The number of urea groups is 1. The zero-order valence-electron chi connectivity index (χ0n) is 17.3. The van der Waals surface area contributed by atoms with Crippen LogP contribution in [0.3, 0.4) is 0 Å². The summed E-state index contributed by atoms with van der Waals surface area (Å²) in [7, 11) is 4.07. The third-order valence-electron chi connectivity index (χ3n) is 5.21. The molecule has 2 amide bonds.